The van der Waals surface area contributed by atoms with E-state index in [1.54, 1.807) is 6.92 Å². The molecule has 22 heavy (non-hydrogen) atoms. The first kappa shape index (κ1) is 18.5. The standard InChI is InChI=1S/C14H23N3O4S/c1-11-6-7-12(8-13(11)17(18)19)22(20,21)15-9-14(2,3)10-16(4)5/h6-8,15H,9-10H2,1-5H3. The van der Waals surface area contributed by atoms with Crippen LogP contribution in [0.15, 0.2) is 23.1 Å². The number of benzene rings is 1. The molecule has 0 bridgehead atoms. The van der Waals surface area contributed by atoms with E-state index in [4.69, 9.17) is 0 Å². The summed E-state index contributed by atoms with van der Waals surface area (Å²) in [6.07, 6.45) is 0. The Kier molecular flexibility index (Phi) is 5.66. The van der Waals surface area contributed by atoms with Crippen LogP contribution in [0.4, 0.5) is 5.69 Å². The lowest BCUT2D eigenvalue weighted by molar-refractivity contribution is -0.385. The number of nitrogens with zero attached hydrogens (tertiary/aromatic N) is 2. The average Bonchev–Trinajstić information content (AvgIpc) is 2.35. The van der Waals surface area contributed by atoms with Gasteiger partial charge in [0.2, 0.25) is 10.0 Å². The van der Waals surface area contributed by atoms with Crippen molar-refractivity contribution in [2.45, 2.75) is 25.7 Å². The lowest BCUT2D eigenvalue weighted by Gasteiger charge is -2.28. The minimum absolute atomic E-state index is 0.0922. The molecular formula is C14H23N3O4S. The predicted octanol–water partition coefficient (Wildman–Crippen LogP) is 1.77. The second-order valence-electron chi connectivity index (χ2n) is 6.43. The van der Waals surface area contributed by atoms with Gasteiger partial charge in [-0.1, -0.05) is 19.9 Å². The Balaban J connectivity index is 2.96. The molecule has 124 valence electrons. The summed E-state index contributed by atoms with van der Waals surface area (Å²) in [4.78, 5) is 12.2. The quantitative estimate of drug-likeness (QED) is 0.608. The molecule has 0 unspecified atom stereocenters. The number of rotatable bonds is 7. The molecule has 1 rings (SSSR count). The van der Waals surface area contributed by atoms with Gasteiger partial charge in [-0.3, -0.25) is 10.1 Å². The molecule has 8 heteroatoms. The van der Waals surface area contributed by atoms with E-state index < -0.39 is 14.9 Å². The van der Waals surface area contributed by atoms with Crippen LogP contribution in [0.3, 0.4) is 0 Å². The number of nitrogens with one attached hydrogen (secondary N) is 1. The number of hydrogen-bond acceptors (Lipinski definition) is 5. The third-order valence-corrected chi connectivity index (χ3v) is 4.57. The van der Waals surface area contributed by atoms with Crippen molar-refractivity contribution in [1.29, 1.82) is 0 Å². The van der Waals surface area contributed by atoms with Crippen molar-refractivity contribution in [1.82, 2.24) is 9.62 Å². The second kappa shape index (κ2) is 6.72. The van der Waals surface area contributed by atoms with Crippen LogP contribution in [0, 0.1) is 22.5 Å². The van der Waals surface area contributed by atoms with Crippen molar-refractivity contribution in [2.24, 2.45) is 5.41 Å². The van der Waals surface area contributed by atoms with E-state index in [0.717, 1.165) is 6.07 Å². The summed E-state index contributed by atoms with van der Waals surface area (Å²) in [5.41, 5.74) is -0.0278. The van der Waals surface area contributed by atoms with Crippen LogP contribution in [0.25, 0.3) is 0 Å². The van der Waals surface area contributed by atoms with Crippen LogP contribution >= 0.6 is 0 Å². The summed E-state index contributed by atoms with van der Waals surface area (Å²) in [6, 6.07) is 3.91. The van der Waals surface area contributed by atoms with Gasteiger partial charge in [-0.25, -0.2) is 13.1 Å². The fourth-order valence-corrected chi connectivity index (χ4v) is 3.50. The molecule has 0 aliphatic carbocycles. The van der Waals surface area contributed by atoms with Gasteiger partial charge in [0.1, 0.15) is 0 Å². The van der Waals surface area contributed by atoms with Crippen molar-refractivity contribution < 1.29 is 13.3 Å². The Labute approximate surface area is 131 Å². The maximum atomic E-state index is 12.3. The molecule has 0 atom stereocenters. The summed E-state index contributed by atoms with van der Waals surface area (Å²) in [7, 11) is 0.0575. The minimum atomic E-state index is -3.78. The molecule has 7 nitrogen and oxygen atoms in total. The van der Waals surface area contributed by atoms with Crippen molar-refractivity contribution in [3.63, 3.8) is 0 Å². The van der Waals surface area contributed by atoms with Crippen molar-refractivity contribution in [2.75, 3.05) is 27.2 Å². The molecule has 0 saturated heterocycles. The highest BCUT2D eigenvalue weighted by atomic mass is 32.2. The summed E-state index contributed by atoms with van der Waals surface area (Å²) >= 11 is 0. The molecule has 1 N–H and O–H groups in total. The molecule has 0 aliphatic rings. The minimum Gasteiger partial charge on any atom is -0.309 e. The van der Waals surface area contributed by atoms with E-state index >= 15 is 0 Å². The van der Waals surface area contributed by atoms with Crippen LogP contribution in [0.2, 0.25) is 0 Å². The maximum Gasteiger partial charge on any atom is 0.273 e. The Hall–Kier alpha value is -1.51. The van der Waals surface area contributed by atoms with Crippen LogP contribution in [-0.4, -0.2) is 45.4 Å². The highest BCUT2D eigenvalue weighted by Crippen LogP contribution is 2.23. The van der Waals surface area contributed by atoms with Crippen molar-refractivity contribution >= 4 is 15.7 Å². The van der Waals surface area contributed by atoms with Gasteiger partial charge in [0.05, 0.1) is 9.82 Å². The smallest absolute Gasteiger partial charge is 0.273 e. The summed E-state index contributed by atoms with van der Waals surface area (Å²) < 4.78 is 27.1. The molecule has 1 aromatic rings. The van der Waals surface area contributed by atoms with Crippen molar-refractivity contribution in [3.05, 3.63) is 33.9 Å². The monoisotopic (exact) mass is 329 g/mol. The Morgan fingerprint density at radius 1 is 1.32 bits per heavy atom. The van der Waals surface area contributed by atoms with Gasteiger partial charge in [0.15, 0.2) is 0 Å². The summed E-state index contributed by atoms with van der Waals surface area (Å²) in [5, 5.41) is 10.9. The molecule has 0 aromatic heterocycles. The number of sulfonamides is 1. The van der Waals surface area contributed by atoms with Gasteiger partial charge >= 0.3 is 0 Å². The number of aryl methyl sites for hydroxylation is 1. The molecule has 0 spiro atoms. The maximum absolute atomic E-state index is 12.3. The number of hydrogen-bond donors (Lipinski definition) is 1. The molecule has 0 aliphatic heterocycles. The van der Waals surface area contributed by atoms with Crippen LogP contribution in [0.1, 0.15) is 19.4 Å². The number of nitro groups is 1. The summed E-state index contributed by atoms with van der Waals surface area (Å²) in [5.74, 6) is 0. The zero-order valence-corrected chi connectivity index (χ0v) is 14.4. The Morgan fingerprint density at radius 2 is 1.91 bits per heavy atom. The first-order chi connectivity index (χ1) is 9.94. The third kappa shape index (κ3) is 5.04. The zero-order valence-electron chi connectivity index (χ0n) is 13.6. The predicted molar refractivity (Wildman–Crippen MR) is 85.4 cm³/mol. The molecule has 1 aromatic carbocycles. The topological polar surface area (TPSA) is 92.6 Å². The van der Waals surface area contributed by atoms with Gasteiger partial charge in [-0.2, -0.15) is 0 Å². The fraction of sp³-hybridized carbons (Fsp3) is 0.571. The van der Waals surface area contributed by atoms with Crippen molar-refractivity contribution in [3.8, 4) is 0 Å². The molecule has 0 saturated carbocycles. The zero-order chi connectivity index (χ0) is 17.1. The fourth-order valence-electron chi connectivity index (χ4n) is 2.24. The summed E-state index contributed by atoms with van der Waals surface area (Å²) in [6.45, 7) is 6.43. The second-order valence-corrected chi connectivity index (χ2v) is 8.20. The highest BCUT2D eigenvalue weighted by molar-refractivity contribution is 7.89. The SMILES string of the molecule is Cc1ccc(S(=O)(=O)NCC(C)(C)CN(C)C)cc1[N+](=O)[O-]. The molecular weight excluding hydrogens is 306 g/mol. The van der Waals surface area contributed by atoms with Gasteiger partial charge in [-0.15, -0.1) is 0 Å². The van der Waals surface area contributed by atoms with E-state index in [9.17, 15) is 18.5 Å². The molecule has 0 radical (unpaired) electrons. The van der Waals surface area contributed by atoms with Crippen LogP contribution in [-0.2, 0) is 10.0 Å². The van der Waals surface area contributed by atoms with Crippen LogP contribution < -0.4 is 4.72 Å². The van der Waals surface area contributed by atoms with E-state index in [1.165, 1.54) is 12.1 Å². The van der Waals surface area contributed by atoms with E-state index in [0.29, 0.717) is 12.1 Å². The number of nitro benzene ring substituents is 1. The lowest BCUT2D eigenvalue weighted by Crippen LogP contribution is -2.39. The van der Waals surface area contributed by atoms with E-state index in [-0.39, 0.29) is 22.5 Å². The molecule has 0 fully saturated rings. The average molecular weight is 329 g/mol. The van der Waals surface area contributed by atoms with Gasteiger partial charge < -0.3 is 4.90 Å². The van der Waals surface area contributed by atoms with Crippen LogP contribution in [0.5, 0.6) is 0 Å². The van der Waals surface area contributed by atoms with Gasteiger partial charge in [0, 0.05) is 24.7 Å². The van der Waals surface area contributed by atoms with E-state index in [2.05, 4.69) is 4.72 Å². The highest BCUT2D eigenvalue weighted by Gasteiger charge is 2.24. The molecule has 0 amide bonds. The largest absolute Gasteiger partial charge is 0.309 e. The Bertz CT molecular complexity index is 654. The Morgan fingerprint density at radius 3 is 2.41 bits per heavy atom. The lowest BCUT2D eigenvalue weighted by atomic mass is 9.93. The van der Waals surface area contributed by atoms with Gasteiger partial charge in [-0.05, 0) is 32.5 Å². The third-order valence-electron chi connectivity index (χ3n) is 3.17. The van der Waals surface area contributed by atoms with E-state index in [1.807, 2.05) is 32.8 Å². The normalized spacial score (nSPS) is 12.6. The first-order valence-corrected chi connectivity index (χ1v) is 8.32. The first-order valence-electron chi connectivity index (χ1n) is 6.84. The van der Waals surface area contributed by atoms with Gasteiger partial charge in [0.25, 0.3) is 5.69 Å². The molecule has 0 heterocycles.